The van der Waals surface area contributed by atoms with Crippen LogP contribution in [0, 0.1) is 11.3 Å². The van der Waals surface area contributed by atoms with Crippen molar-refractivity contribution < 1.29 is 4.74 Å². The molecule has 0 saturated heterocycles. The van der Waals surface area contributed by atoms with Crippen molar-refractivity contribution in [1.29, 1.82) is 5.26 Å². The maximum absolute atomic E-state index is 9.34. The average Bonchev–Trinajstić information content (AvgIpc) is 2.91. The highest BCUT2D eigenvalue weighted by Gasteiger charge is 2.27. The standard InChI is InChI=1S/C16H16N4O/c1-21-14-5-3-2-4-10(14)6-13-15-11(8-19-13)9-20-16(18)12(15)7-17/h2-5,9,13,19H,6,8H2,1H3,(H2,18,20). The highest BCUT2D eigenvalue weighted by molar-refractivity contribution is 5.58. The molecule has 0 radical (unpaired) electrons. The summed E-state index contributed by atoms with van der Waals surface area (Å²) < 4.78 is 5.39. The minimum atomic E-state index is 0.0521. The number of rotatable bonds is 3. The first-order valence-corrected chi connectivity index (χ1v) is 6.77. The summed E-state index contributed by atoms with van der Waals surface area (Å²) in [4.78, 5) is 4.09. The first kappa shape index (κ1) is 13.4. The van der Waals surface area contributed by atoms with Crippen molar-refractivity contribution in [2.75, 3.05) is 12.8 Å². The predicted octanol–water partition coefficient (Wildman–Crippen LogP) is 1.93. The number of nitrogen functional groups attached to an aromatic ring is 1. The Morgan fingerprint density at radius 3 is 3.05 bits per heavy atom. The van der Waals surface area contributed by atoms with Gasteiger partial charge in [0.1, 0.15) is 17.6 Å². The van der Waals surface area contributed by atoms with Crippen molar-refractivity contribution in [3.63, 3.8) is 0 Å². The number of pyridine rings is 1. The number of para-hydroxylation sites is 1. The zero-order valence-corrected chi connectivity index (χ0v) is 11.8. The zero-order chi connectivity index (χ0) is 14.8. The van der Waals surface area contributed by atoms with E-state index in [-0.39, 0.29) is 6.04 Å². The first-order chi connectivity index (χ1) is 10.2. The molecule has 106 valence electrons. The van der Waals surface area contributed by atoms with Gasteiger partial charge in [0.2, 0.25) is 0 Å². The van der Waals surface area contributed by atoms with Crippen LogP contribution in [0.15, 0.2) is 30.5 Å². The molecule has 5 nitrogen and oxygen atoms in total. The van der Waals surface area contributed by atoms with Crippen LogP contribution in [-0.4, -0.2) is 12.1 Å². The van der Waals surface area contributed by atoms with Gasteiger partial charge in [-0.15, -0.1) is 0 Å². The van der Waals surface area contributed by atoms with Crippen LogP contribution >= 0.6 is 0 Å². The summed E-state index contributed by atoms with van der Waals surface area (Å²) in [6.45, 7) is 0.705. The Labute approximate surface area is 123 Å². The molecule has 2 aromatic rings. The van der Waals surface area contributed by atoms with E-state index in [1.807, 2.05) is 24.3 Å². The van der Waals surface area contributed by atoms with Crippen LogP contribution in [0.25, 0.3) is 0 Å². The molecule has 0 spiro atoms. The fourth-order valence-electron chi connectivity index (χ4n) is 2.84. The molecule has 1 aromatic carbocycles. The van der Waals surface area contributed by atoms with E-state index < -0.39 is 0 Å². The van der Waals surface area contributed by atoms with E-state index >= 15 is 0 Å². The largest absolute Gasteiger partial charge is 0.496 e. The maximum atomic E-state index is 9.34. The molecule has 1 aliphatic rings. The van der Waals surface area contributed by atoms with Crippen LogP contribution in [0.1, 0.15) is 28.3 Å². The van der Waals surface area contributed by atoms with Crippen molar-refractivity contribution in [3.05, 3.63) is 52.7 Å². The SMILES string of the molecule is COc1ccccc1CC1NCc2cnc(N)c(C#N)c21. The number of nitrogens with two attached hydrogens (primary N) is 1. The van der Waals surface area contributed by atoms with Gasteiger partial charge in [-0.2, -0.15) is 5.26 Å². The predicted molar refractivity (Wildman–Crippen MR) is 79.6 cm³/mol. The van der Waals surface area contributed by atoms with Crippen LogP contribution in [0.3, 0.4) is 0 Å². The van der Waals surface area contributed by atoms with Gasteiger partial charge in [-0.1, -0.05) is 18.2 Å². The van der Waals surface area contributed by atoms with E-state index in [1.165, 1.54) is 0 Å². The van der Waals surface area contributed by atoms with Crippen LogP contribution in [0.4, 0.5) is 5.82 Å². The van der Waals surface area contributed by atoms with Crippen LogP contribution < -0.4 is 15.8 Å². The number of fused-ring (bicyclic) bond motifs is 1. The monoisotopic (exact) mass is 280 g/mol. The summed E-state index contributed by atoms with van der Waals surface area (Å²) in [7, 11) is 1.66. The Balaban J connectivity index is 1.98. The lowest BCUT2D eigenvalue weighted by atomic mass is 9.95. The Morgan fingerprint density at radius 1 is 1.48 bits per heavy atom. The highest BCUT2D eigenvalue weighted by atomic mass is 16.5. The third-order valence-corrected chi connectivity index (χ3v) is 3.85. The Bertz CT molecular complexity index is 721. The number of hydrogen-bond acceptors (Lipinski definition) is 5. The normalized spacial score (nSPS) is 16.3. The lowest BCUT2D eigenvalue weighted by Crippen LogP contribution is -2.16. The van der Waals surface area contributed by atoms with E-state index in [2.05, 4.69) is 16.4 Å². The second kappa shape index (κ2) is 5.43. The van der Waals surface area contributed by atoms with Crippen molar-refractivity contribution in [1.82, 2.24) is 10.3 Å². The van der Waals surface area contributed by atoms with Gasteiger partial charge in [0.15, 0.2) is 0 Å². The van der Waals surface area contributed by atoms with Gasteiger partial charge in [-0.3, -0.25) is 0 Å². The van der Waals surface area contributed by atoms with E-state index in [0.29, 0.717) is 17.9 Å². The molecule has 0 aliphatic carbocycles. The number of nitriles is 1. The average molecular weight is 280 g/mol. The van der Waals surface area contributed by atoms with Gasteiger partial charge in [-0.25, -0.2) is 4.98 Å². The Kier molecular flexibility index (Phi) is 3.46. The van der Waals surface area contributed by atoms with E-state index in [1.54, 1.807) is 13.3 Å². The molecule has 0 amide bonds. The van der Waals surface area contributed by atoms with Crippen molar-refractivity contribution >= 4 is 5.82 Å². The lowest BCUT2D eigenvalue weighted by molar-refractivity contribution is 0.406. The van der Waals surface area contributed by atoms with Crippen molar-refractivity contribution in [3.8, 4) is 11.8 Å². The number of hydrogen-bond donors (Lipinski definition) is 2. The summed E-state index contributed by atoms with van der Waals surface area (Å²) in [5.41, 5.74) is 9.43. The quantitative estimate of drug-likeness (QED) is 0.897. The summed E-state index contributed by atoms with van der Waals surface area (Å²) in [5.74, 6) is 1.15. The molecule has 0 fully saturated rings. The minimum absolute atomic E-state index is 0.0521. The lowest BCUT2D eigenvalue weighted by Gasteiger charge is -2.16. The third-order valence-electron chi connectivity index (χ3n) is 3.85. The fourth-order valence-corrected chi connectivity index (χ4v) is 2.84. The summed E-state index contributed by atoms with van der Waals surface area (Å²) in [5, 5.41) is 12.8. The number of ether oxygens (including phenoxy) is 1. The molecule has 1 aromatic heterocycles. The molecule has 1 atom stereocenters. The van der Waals surface area contributed by atoms with Gasteiger partial charge < -0.3 is 15.8 Å². The van der Waals surface area contributed by atoms with Gasteiger partial charge in [0, 0.05) is 18.8 Å². The molecule has 0 bridgehead atoms. The first-order valence-electron chi connectivity index (χ1n) is 6.77. The number of nitrogens with one attached hydrogen (secondary N) is 1. The third kappa shape index (κ3) is 2.30. The molecule has 1 aliphatic heterocycles. The summed E-state index contributed by atoms with van der Waals surface area (Å²) >= 11 is 0. The Hall–Kier alpha value is -2.58. The van der Waals surface area contributed by atoms with E-state index in [0.717, 1.165) is 28.9 Å². The molecule has 3 rings (SSSR count). The van der Waals surface area contributed by atoms with E-state index in [4.69, 9.17) is 10.5 Å². The molecule has 21 heavy (non-hydrogen) atoms. The molecular formula is C16H16N4O. The van der Waals surface area contributed by atoms with Gasteiger partial charge in [0.05, 0.1) is 12.7 Å². The fraction of sp³-hybridized carbons (Fsp3) is 0.250. The van der Waals surface area contributed by atoms with Crippen molar-refractivity contribution in [2.45, 2.75) is 19.0 Å². The number of anilines is 1. The van der Waals surface area contributed by atoms with E-state index in [9.17, 15) is 5.26 Å². The molecular weight excluding hydrogens is 264 g/mol. The second-order valence-corrected chi connectivity index (χ2v) is 5.02. The Morgan fingerprint density at radius 2 is 2.29 bits per heavy atom. The number of methoxy groups -OCH3 is 1. The number of nitrogens with zero attached hydrogens (tertiary/aromatic N) is 2. The number of aromatic nitrogens is 1. The molecule has 1 unspecified atom stereocenters. The second-order valence-electron chi connectivity index (χ2n) is 5.02. The minimum Gasteiger partial charge on any atom is -0.496 e. The maximum Gasteiger partial charge on any atom is 0.141 e. The van der Waals surface area contributed by atoms with Crippen LogP contribution in [-0.2, 0) is 13.0 Å². The molecule has 3 N–H and O–H groups in total. The zero-order valence-electron chi connectivity index (χ0n) is 11.8. The molecule has 0 saturated carbocycles. The molecule has 2 heterocycles. The summed E-state index contributed by atoms with van der Waals surface area (Å²) in [6.07, 6.45) is 2.50. The highest BCUT2D eigenvalue weighted by Crippen LogP contribution is 2.34. The number of benzene rings is 1. The molecule has 5 heteroatoms. The van der Waals surface area contributed by atoms with Gasteiger partial charge >= 0.3 is 0 Å². The van der Waals surface area contributed by atoms with Gasteiger partial charge in [0.25, 0.3) is 0 Å². The van der Waals surface area contributed by atoms with Crippen LogP contribution in [0.2, 0.25) is 0 Å². The van der Waals surface area contributed by atoms with Crippen LogP contribution in [0.5, 0.6) is 5.75 Å². The summed E-state index contributed by atoms with van der Waals surface area (Å²) in [6, 6.07) is 10.1. The smallest absolute Gasteiger partial charge is 0.141 e. The topological polar surface area (TPSA) is 84.0 Å². The van der Waals surface area contributed by atoms with Gasteiger partial charge in [-0.05, 0) is 29.2 Å². The van der Waals surface area contributed by atoms with Crippen molar-refractivity contribution in [2.24, 2.45) is 0 Å².